The highest BCUT2D eigenvalue weighted by Crippen LogP contribution is 2.40. The van der Waals surface area contributed by atoms with Crippen molar-refractivity contribution < 1.29 is 4.74 Å². The third-order valence-corrected chi connectivity index (χ3v) is 4.97. The first kappa shape index (κ1) is 22.4. The molecule has 25 heavy (non-hydrogen) atoms. The number of hydrogen-bond acceptors (Lipinski definition) is 3. The first-order chi connectivity index (χ1) is 11.7. The molecule has 2 N–H and O–H groups in total. The molecule has 5 nitrogen and oxygen atoms in total. The van der Waals surface area contributed by atoms with Crippen molar-refractivity contribution in [3.05, 3.63) is 29.0 Å². The molecule has 0 spiro atoms. The van der Waals surface area contributed by atoms with Gasteiger partial charge in [0.1, 0.15) is 5.15 Å². The number of aromatic nitrogens is 1. The molecular weight excluding hydrogens is 451 g/mol. The minimum absolute atomic E-state index is 0. The molecule has 1 saturated carbocycles. The summed E-state index contributed by atoms with van der Waals surface area (Å²) in [6.07, 6.45) is 8.07. The van der Waals surface area contributed by atoms with Crippen molar-refractivity contribution in [2.24, 2.45) is 10.4 Å². The van der Waals surface area contributed by atoms with E-state index in [9.17, 15) is 0 Å². The molecule has 0 radical (unpaired) electrons. The summed E-state index contributed by atoms with van der Waals surface area (Å²) in [6.45, 7) is 5.31. The van der Waals surface area contributed by atoms with Crippen LogP contribution in [0.15, 0.2) is 23.3 Å². The Morgan fingerprint density at radius 2 is 2.08 bits per heavy atom. The molecule has 1 aromatic heterocycles. The second-order valence-electron chi connectivity index (χ2n) is 6.42. The maximum Gasteiger partial charge on any atom is 0.191 e. The van der Waals surface area contributed by atoms with E-state index in [1.807, 2.05) is 6.07 Å². The van der Waals surface area contributed by atoms with Crippen LogP contribution in [0.2, 0.25) is 5.15 Å². The van der Waals surface area contributed by atoms with E-state index in [0.29, 0.717) is 17.1 Å². The van der Waals surface area contributed by atoms with Gasteiger partial charge in [0.25, 0.3) is 0 Å². The second-order valence-corrected chi connectivity index (χ2v) is 6.81. The van der Waals surface area contributed by atoms with Gasteiger partial charge in [0, 0.05) is 39.5 Å². The molecule has 0 amide bonds. The molecule has 2 rings (SSSR count). The third kappa shape index (κ3) is 7.66. The lowest BCUT2D eigenvalue weighted by molar-refractivity contribution is 0.105. The van der Waals surface area contributed by atoms with Gasteiger partial charge in [-0.25, -0.2) is 4.98 Å². The predicted octanol–water partition coefficient (Wildman–Crippen LogP) is 4.01. The fraction of sp³-hybridized carbons (Fsp3) is 0.667. The molecule has 7 heteroatoms. The number of nitrogens with zero attached hydrogens (tertiary/aromatic N) is 2. The number of hydrogen-bond donors (Lipinski definition) is 2. The van der Waals surface area contributed by atoms with Crippen LogP contribution in [0.5, 0.6) is 0 Å². The van der Waals surface area contributed by atoms with Crippen LogP contribution >= 0.6 is 35.6 Å². The highest BCUT2D eigenvalue weighted by atomic mass is 127. The smallest absolute Gasteiger partial charge is 0.191 e. The van der Waals surface area contributed by atoms with Crippen molar-refractivity contribution in [3.63, 3.8) is 0 Å². The molecule has 0 aliphatic heterocycles. The van der Waals surface area contributed by atoms with E-state index in [2.05, 4.69) is 27.5 Å². The van der Waals surface area contributed by atoms with E-state index in [-0.39, 0.29) is 24.0 Å². The minimum Gasteiger partial charge on any atom is -0.382 e. The van der Waals surface area contributed by atoms with Gasteiger partial charge in [0.05, 0.1) is 0 Å². The number of halogens is 2. The molecule has 1 aliphatic rings. The molecular formula is C18H30ClIN4O. The summed E-state index contributed by atoms with van der Waals surface area (Å²) in [5, 5.41) is 7.35. The standard InChI is InChI=1S/C18H29ClN4O.HI/c1-3-24-11-10-18(8-4-5-9-18)14-23-17(20-2)22-13-15-6-7-16(19)21-12-15;/h6-7,12H,3-5,8-11,13-14H2,1-2H3,(H2,20,22,23);1H. The van der Waals surface area contributed by atoms with Crippen LogP contribution in [0.1, 0.15) is 44.6 Å². The van der Waals surface area contributed by atoms with Crippen molar-refractivity contribution in [1.82, 2.24) is 15.6 Å². The van der Waals surface area contributed by atoms with Gasteiger partial charge in [0.15, 0.2) is 5.96 Å². The molecule has 1 aromatic rings. The van der Waals surface area contributed by atoms with Crippen molar-refractivity contribution in [3.8, 4) is 0 Å². The lowest BCUT2D eigenvalue weighted by Crippen LogP contribution is -2.43. The maximum atomic E-state index is 5.81. The Balaban J connectivity index is 0.00000312. The topological polar surface area (TPSA) is 58.5 Å². The SMILES string of the molecule is CCOCCC1(CNC(=NC)NCc2ccc(Cl)nc2)CCCC1.I. The highest BCUT2D eigenvalue weighted by Gasteiger charge is 2.33. The lowest BCUT2D eigenvalue weighted by atomic mass is 9.83. The first-order valence-electron chi connectivity index (χ1n) is 8.80. The Labute approximate surface area is 173 Å². The first-order valence-corrected chi connectivity index (χ1v) is 9.18. The van der Waals surface area contributed by atoms with Gasteiger partial charge in [-0.2, -0.15) is 0 Å². The summed E-state index contributed by atoms with van der Waals surface area (Å²) in [5.41, 5.74) is 1.42. The van der Waals surface area contributed by atoms with Crippen molar-refractivity contribution >= 4 is 41.5 Å². The molecule has 0 bridgehead atoms. The van der Waals surface area contributed by atoms with Gasteiger partial charge < -0.3 is 15.4 Å². The van der Waals surface area contributed by atoms with Gasteiger partial charge in [-0.1, -0.05) is 30.5 Å². The summed E-state index contributed by atoms with van der Waals surface area (Å²) in [4.78, 5) is 8.42. The average Bonchev–Trinajstić information content (AvgIpc) is 3.06. The minimum atomic E-state index is 0. The molecule has 0 atom stereocenters. The Hall–Kier alpha value is -0.600. The van der Waals surface area contributed by atoms with Gasteiger partial charge in [-0.3, -0.25) is 4.99 Å². The number of nitrogens with one attached hydrogen (secondary N) is 2. The van der Waals surface area contributed by atoms with Crippen LogP contribution in [-0.2, 0) is 11.3 Å². The van der Waals surface area contributed by atoms with Gasteiger partial charge in [-0.15, -0.1) is 24.0 Å². The largest absolute Gasteiger partial charge is 0.382 e. The van der Waals surface area contributed by atoms with Crippen LogP contribution in [0, 0.1) is 5.41 Å². The fourth-order valence-electron chi connectivity index (χ4n) is 3.26. The van der Waals surface area contributed by atoms with Crippen molar-refractivity contribution in [2.45, 2.75) is 45.6 Å². The fourth-order valence-corrected chi connectivity index (χ4v) is 3.37. The van der Waals surface area contributed by atoms with Crippen LogP contribution in [0.25, 0.3) is 0 Å². The summed E-state index contributed by atoms with van der Waals surface area (Å²) < 4.78 is 5.58. The zero-order chi connectivity index (χ0) is 17.3. The van der Waals surface area contributed by atoms with Crippen LogP contribution in [-0.4, -0.2) is 37.7 Å². The van der Waals surface area contributed by atoms with E-state index in [1.54, 1.807) is 19.3 Å². The lowest BCUT2D eigenvalue weighted by Gasteiger charge is -2.30. The van der Waals surface area contributed by atoms with Crippen molar-refractivity contribution in [2.75, 3.05) is 26.8 Å². The Morgan fingerprint density at radius 3 is 2.68 bits per heavy atom. The summed E-state index contributed by atoms with van der Waals surface area (Å²) in [5.74, 6) is 0.827. The Morgan fingerprint density at radius 1 is 1.32 bits per heavy atom. The van der Waals surface area contributed by atoms with Crippen LogP contribution in [0.4, 0.5) is 0 Å². The molecule has 142 valence electrons. The van der Waals surface area contributed by atoms with Crippen LogP contribution in [0.3, 0.4) is 0 Å². The Kier molecular flexibility index (Phi) is 10.7. The highest BCUT2D eigenvalue weighted by molar-refractivity contribution is 14.0. The quantitative estimate of drug-likeness (QED) is 0.194. The molecule has 1 aliphatic carbocycles. The second kappa shape index (κ2) is 11.9. The van der Waals surface area contributed by atoms with E-state index >= 15 is 0 Å². The normalized spacial score (nSPS) is 16.4. The number of ether oxygens (including phenoxy) is 1. The summed E-state index contributed by atoms with van der Waals surface area (Å²) in [6, 6.07) is 3.77. The molecule has 0 aromatic carbocycles. The van der Waals surface area contributed by atoms with Gasteiger partial charge in [-0.05, 0) is 43.2 Å². The zero-order valence-electron chi connectivity index (χ0n) is 15.2. The average molecular weight is 481 g/mol. The number of pyridine rings is 1. The maximum absolute atomic E-state index is 5.81. The van der Waals surface area contributed by atoms with E-state index in [0.717, 1.165) is 37.7 Å². The monoisotopic (exact) mass is 480 g/mol. The predicted molar refractivity (Wildman–Crippen MR) is 115 cm³/mol. The summed E-state index contributed by atoms with van der Waals surface area (Å²) >= 11 is 5.81. The summed E-state index contributed by atoms with van der Waals surface area (Å²) in [7, 11) is 1.80. The van der Waals surface area contributed by atoms with Gasteiger partial charge >= 0.3 is 0 Å². The van der Waals surface area contributed by atoms with Crippen molar-refractivity contribution in [1.29, 1.82) is 0 Å². The third-order valence-electron chi connectivity index (χ3n) is 4.75. The van der Waals surface area contributed by atoms with Gasteiger partial charge in [0.2, 0.25) is 0 Å². The molecule has 1 fully saturated rings. The number of guanidine groups is 1. The zero-order valence-corrected chi connectivity index (χ0v) is 18.3. The Bertz CT molecular complexity index is 518. The number of rotatable bonds is 8. The van der Waals surface area contributed by atoms with E-state index in [4.69, 9.17) is 16.3 Å². The van der Waals surface area contributed by atoms with Crippen LogP contribution < -0.4 is 10.6 Å². The molecule has 1 heterocycles. The molecule has 0 unspecified atom stereocenters. The molecule has 0 saturated heterocycles. The van der Waals surface area contributed by atoms with E-state index < -0.39 is 0 Å². The number of aliphatic imine (C=N–C) groups is 1. The van der Waals surface area contributed by atoms with E-state index in [1.165, 1.54) is 25.7 Å².